The second-order valence-corrected chi connectivity index (χ2v) is 8.82. The molecule has 0 saturated carbocycles. The highest BCUT2D eigenvalue weighted by molar-refractivity contribution is 5.69. The van der Waals surface area contributed by atoms with Crippen LogP contribution in [0.1, 0.15) is 42.2 Å². The van der Waals surface area contributed by atoms with Gasteiger partial charge in [-0.1, -0.05) is 47.1 Å². The van der Waals surface area contributed by atoms with Gasteiger partial charge in [0.2, 0.25) is 11.6 Å². The fraction of sp³-hybridized carbons (Fsp3) is 0.360. The lowest BCUT2D eigenvalue weighted by molar-refractivity contribution is -0.137. The Morgan fingerprint density at radius 2 is 1.72 bits per heavy atom. The quantitative estimate of drug-likeness (QED) is 0.381. The van der Waals surface area contributed by atoms with E-state index in [9.17, 15) is 18.3 Å². The van der Waals surface area contributed by atoms with E-state index in [4.69, 9.17) is 9.05 Å². The smallest absolute Gasteiger partial charge is 0.387 e. The average molecular weight is 499 g/mol. The first-order valence-corrected chi connectivity index (χ1v) is 11.7. The highest BCUT2D eigenvalue weighted by Gasteiger charge is 2.43. The van der Waals surface area contributed by atoms with Crippen LogP contribution in [0.25, 0.3) is 34.4 Å². The van der Waals surface area contributed by atoms with Crippen molar-refractivity contribution in [2.45, 2.75) is 38.5 Å². The summed E-state index contributed by atoms with van der Waals surface area (Å²) in [4.78, 5) is 10.5. The van der Waals surface area contributed by atoms with Gasteiger partial charge in [0.25, 0.3) is 5.89 Å². The van der Waals surface area contributed by atoms with Crippen molar-refractivity contribution in [3.8, 4) is 34.4 Å². The molecule has 1 aromatic carbocycles. The van der Waals surface area contributed by atoms with Crippen LogP contribution in [-0.2, 0) is 6.18 Å². The van der Waals surface area contributed by atoms with E-state index in [0.717, 1.165) is 31.5 Å². The Bertz CT molecular complexity index is 1330. The minimum absolute atomic E-state index is 0.0239. The minimum atomic E-state index is -4.79. The number of nitrogens with zero attached hydrogens (tertiary/aromatic N) is 5. The van der Waals surface area contributed by atoms with E-state index in [1.54, 1.807) is 43.3 Å². The number of pyridine rings is 1. The van der Waals surface area contributed by atoms with Crippen molar-refractivity contribution >= 4 is 0 Å². The number of hydrogen-bond acceptors (Lipinski definition) is 8. The van der Waals surface area contributed by atoms with Gasteiger partial charge < -0.3 is 19.1 Å². The lowest BCUT2D eigenvalue weighted by atomic mass is 10.0. The molecule has 1 atom stereocenters. The number of aliphatic hydroxyl groups excluding tert-OH is 1. The summed E-state index contributed by atoms with van der Waals surface area (Å²) in [5, 5.41) is 18.0. The molecule has 1 fully saturated rings. The molecule has 0 aliphatic carbocycles. The second-order valence-electron chi connectivity index (χ2n) is 8.82. The summed E-state index contributed by atoms with van der Waals surface area (Å²) in [6, 6.07) is 11.6. The molecule has 0 spiro atoms. The van der Waals surface area contributed by atoms with Crippen molar-refractivity contribution in [2.24, 2.45) is 0 Å². The van der Waals surface area contributed by atoms with Gasteiger partial charge >= 0.3 is 6.18 Å². The van der Waals surface area contributed by atoms with Gasteiger partial charge in [-0.3, -0.25) is 4.98 Å². The van der Waals surface area contributed by atoms with Gasteiger partial charge in [0, 0.05) is 17.8 Å². The van der Waals surface area contributed by atoms with Crippen LogP contribution in [0.4, 0.5) is 13.2 Å². The average Bonchev–Trinajstić information content (AvgIpc) is 3.52. The van der Waals surface area contributed by atoms with Crippen LogP contribution >= 0.6 is 0 Å². The Kier molecular flexibility index (Phi) is 6.59. The number of aliphatic hydroxyl groups is 1. The van der Waals surface area contributed by atoms with Crippen molar-refractivity contribution in [1.82, 2.24) is 25.2 Å². The third-order valence-electron chi connectivity index (χ3n) is 6.16. The summed E-state index contributed by atoms with van der Waals surface area (Å²) in [5.74, 6) is -1.03. The molecule has 1 unspecified atom stereocenters. The van der Waals surface area contributed by atoms with Crippen molar-refractivity contribution < 1.29 is 27.3 Å². The first-order valence-electron chi connectivity index (χ1n) is 11.7. The molecule has 4 aromatic rings. The molecule has 1 saturated heterocycles. The Balaban J connectivity index is 1.39. The highest BCUT2D eigenvalue weighted by atomic mass is 19.4. The van der Waals surface area contributed by atoms with Crippen molar-refractivity contribution in [3.63, 3.8) is 0 Å². The maximum Gasteiger partial charge on any atom is 0.422 e. The molecule has 1 aliphatic heterocycles. The Hall–Kier alpha value is -3.57. The first-order chi connectivity index (χ1) is 17.3. The van der Waals surface area contributed by atoms with Gasteiger partial charge in [-0.2, -0.15) is 18.2 Å². The van der Waals surface area contributed by atoms with Gasteiger partial charge in [-0.05, 0) is 50.6 Å². The topological polar surface area (TPSA) is 101 Å². The van der Waals surface area contributed by atoms with E-state index < -0.39 is 35.2 Å². The van der Waals surface area contributed by atoms with E-state index >= 15 is 0 Å². The summed E-state index contributed by atoms with van der Waals surface area (Å²) in [7, 11) is 0. The molecule has 0 amide bonds. The van der Waals surface area contributed by atoms with E-state index in [0.29, 0.717) is 17.8 Å². The third-order valence-corrected chi connectivity index (χ3v) is 6.16. The van der Waals surface area contributed by atoms with Crippen LogP contribution in [0.2, 0.25) is 0 Å². The molecule has 8 nitrogen and oxygen atoms in total. The van der Waals surface area contributed by atoms with Gasteiger partial charge in [0.1, 0.15) is 11.3 Å². The van der Waals surface area contributed by atoms with Gasteiger partial charge in [0.05, 0.1) is 11.8 Å². The zero-order valence-electron chi connectivity index (χ0n) is 19.5. The number of aryl methyl sites for hydroxylation is 1. The van der Waals surface area contributed by atoms with Crippen LogP contribution in [-0.4, -0.2) is 49.9 Å². The van der Waals surface area contributed by atoms with E-state index in [2.05, 4.69) is 25.2 Å². The number of aromatic nitrogens is 4. The maximum absolute atomic E-state index is 14.0. The number of likely N-dealkylation sites (tertiary alicyclic amines) is 1. The number of halogens is 3. The summed E-state index contributed by atoms with van der Waals surface area (Å²) < 4.78 is 52.1. The maximum atomic E-state index is 14.0. The van der Waals surface area contributed by atoms with Crippen molar-refractivity contribution in [1.29, 1.82) is 0 Å². The van der Waals surface area contributed by atoms with Gasteiger partial charge in [-0.25, -0.2) is 0 Å². The molecule has 4 heterocycles. The molecule has 0 radical (unpaired) electrons. The monoisotopic (exact) mass is 499 g/mol. The summed E-state index contributed by atoms with van der Waals surface area (Å²) in [5.41, 5.74) is 0.232. The number of rotatable bonds is 6. The predicted octanol–water partition coefficient (Wildman–Crippen LogP) is 5.30. The fourth-order valence-electron chi connectivity index (χ4n) is 4.33. The predicted molar refractivity (Wildman–Crippen MR) is 123 cm³/mol. The SMILES string of the molecule is Cc1cccc(-c2noc(-c3nc(-c4ccc(C(O)CN5CCCCC5)cc4)no3)c2C(F)(F)F)n1. The fourth-order valence-corrected chi connectivity index (χ4v) is 4.33. The number of piperidine rings is 1. The Labute approximate surface area is 204 Å². The first kappa shape index (κ1) is 24.1. The Morgan fingerprint density at radius 1 is 0.972 bits per heavy atom. The third kappa shape index (κ3) is 5.02. The van der Waals surface area contributed by atoms with Crippen LogP contribution in [0.5, 0.6) is 0 Å². The summed E-state index contributed by atoms with van der Waals surface area (Å²) in [6.45, 7) is 4.17. The van der Waals surface area contributed by atoms with Gasteiger partial charge in [-0.15, -0.1) is 0 Å². The number of alkyl halides is 3. The zero-order chi connectivity index (χ0) is 25.3. The summed E-state index contributed by atoms with van der Waals surface area (Å²) >= 11 is 0. The lowest BCUT2D eigenvalue weighted by Crippen LogP contribution is -2.33. The van der Waals surface area contributed by atoms with Crippen molar-refractivity contribution in [3.05, 3.63) is 59.3 Å². The molecular weight excluding hydrogens is 475 g/mol. The molecular formula is C25H24F3N5O3. The van der Waals surface area contributed by atoms with Gasteiger partial charge in [0.15, 0.2) is 0 Å². The van der Waals surface area contributed by atoms with Crippen LogP contribution in [0, 0.1) is 6.92 Å². The second kappa shape index (κ2) is 9.82. The molecule has 36 heavy (non-hydrogen) atoms. The van der Waals surface area contributed by atoms with E-state index in [-0.39, 0.29) is 11.5 Å². The van der Waals surface area contributed by atoms with E-state index in [1.807, 2.05) is 0 Å². The Morgan fingerprint density at radius 3 is 2.42 bits per heavy atom. The molecule has 188 valence electrons. The molecule has 3 aromatic heterocycles. The number of β-amino-alcohol motifs (C(OH)–C–C–N with tert-alkyl or cyclic N) is 1. The van der Waals surface area contributed by atoms with E-state index in [1.165, 1.54) is 12.5 Å². The summed E-state index contributed by atoms with van der Waals surface area (Å²) in [6.07, 6.45) is -1.95. The number of hydrogen-bond donors (Lipinski definition) is 1. The normalized spacial score (nSPS) is 15.8. The standard InChI is InChI=1S/C25H24F3N5O3/c1-15-6-5-7-18(29-15)21-20(25(26,27)28)22(35-31-21)24-30-23(32-36-24)17-10-8-16(9-11-17)19(34)14-33-12-3-2-4-13-33/h5-11,19,34H,2-4,12-14H2,1H3. The zero-order valence-corrected chi connectivity index (χ0v) is 19.5. The van der Waals surface area contributed by atoms with Crippen LogP contribution in [0.15, 0.2) is 51.5 Å². The van der Waals surface area contributed by atoms with Crippen LogP contribution in [0.3, 0.4) is 0 Å². The minimum Gasteiger partial charge on any atom is -0.387 e. The lowest BCUT2D eigenvalue weighted by Gasteiger charge is -2.28. The highest BCUT2D eigenvalue weighted by Crippen LogP contribution is 2.42. The molecule has 1 N–H and O–H groups in total. The molecule has 5 rings (SSSR count). The molecule has 0 bridgehead atoms. The molecule has 1 aliphatic rings. The largest absolute Gasteiger partial charge is 0.422 e. The number of benzene rings is 1. The van der Waals surface area contributed by atoms with Crippen LogP contribution < -0.4 is 0 Å². The molecule has 11 heteroatoms. The van der Waals surface area contributed by atoms with Crippen molar-refractivity contribution in [2.75, 3.05) is 19.6 Å².